The van der Waals surface area contributed by atoms with Crippen LogP contribution in [0.2, 0.25) is 0 Å². The van der Waals surface area contributed by atoms with Crippen LogP contribution >= 0.6 is 11.3 Å². The van der Waals surface area contributed by atoms with Crippen LogP contribution in [-0.4, -0.2) is 15.5 Å². The summed E-state index contributed by atoms with van der Waals surface area (Å²) < 4.78 is 1.52. The molecule has 2 unspecified atom stereocenters. The zero-order valence-electron chi connectivity index (χ0n) is 19.0. The summed E-state index contributed by atoms with van der Waals surface area (Å²) >= 11 is 1.65. The molecule has 31 heavy (non-hydrogen) atoms. The van der Waals surface area contributed by atoms with Gasteiger partial charge in [0.05, 0.1) is 11.7 Å². The number of aromatic nitrogens is 2. The van der Waals surface area contributed by atoms with Gasteiger partial charge in [-0.3, -0.25) is 14.2 Å². The average molecular weight is 438 g/mol. The first-order valence-electron chi connectivity index (χ1n) is 11.1. The first-order chi connectivity index (χ1) is 14.7. The van der Waals surface area contributed by atoms with E-state index in [4.69, 9.17) is 0 Å². The lowest BCUT2D eigenvalue weighted by Gasteiger charge is -2.33. The number of aryl methyl sites for hydroxylation is 2. The van der Waals surface area contributed by atoms with Crippen LogP contribution in [0.25, 0.3) is 10.2 Å². The lowest BCUT2D eigenvalue weighted by Crippen LogP contribution is -2.33. The van der Waals surface area contributed by atoms with Crippen LogP contribution in [-0.2, 0) is 17.6 Å². The second kappa shape index (κ2) is 8.23. The van der Waals surface area contributed by atoms with Crippen molar-refractivity contribution in [1.82, 2.24) is 9.55 Å². The number of benzene rings is 1. The van der Waals surface area contributed by atoms with Gasteiger partial charge in [-0.25, -0.2) is 4.98 Å². The monoisotopic (exact) mass is 437 g/mol. The van der Waals surface area contributed by atoms with Crippen molar-refractivity contribution in [1.29, 1.82) is 0 Å². The largest absolute Gasteiger partial charge is 0.324 e. The molecule has 6 heteroatoms. The molecule has 2 heterocycles. The Kier molecular flexibility index (Phi) is 5.77. The molecule has 1 aliphatic rings. The van der Waals surface area contributed by atoms with Gasteiger partial charge >= 0.3 is 0 Å². The Morgan fingerprint density at radius 2 is 2.13 bits per heavy atom. The molecule has 1 aliphatic carbocycles. The molecule has 1 aromatic carbocycles. The number of amides is 1. The van der Waals surface area contributed by atoms with E-state index in [-0.39, 0.29) is 16.9 Å². The Morgan fingerprint density at radius 3 is 2.81 bits per heavy atom. The van der Waals surface area contributed by atoms with E-state index in [1.54, 1.807) is 17.7 Å². The predicted octanol–water partition coefficient (Wildman–Crippen LogP) is 5.51. The summed E-state index contributed by atoms with van der Waals surface area (Å²) in [5.41, 5.74) is 3.13. The summed E-state index contributed by atoms with van der Waals surface area (Å²) in [5, 5.41) is 3.68. The standard InChI is InChI=1S/C25H31N3O2S/c1-6-19(22(29)27-17-9-7-8-15(2)12-17)28-14-26-23-21(24(28)30)18-11-10-16(25(3,4)5)13-20(18)31-23/h7-9,12,14,16,19H,6,10-11,13H2,1-5H3,(H,27,29). The van der Waals surface area contributed by atoms with E-state index >= 15 is 0 Å². The van der Waals surface area contributed by atoms with Gasteiger partial charge in [0.1, 0.15) is 10.9 Å². The normalized spacial score (nSPS) is 17.4. The van der Waals surface area contributed by atoms with E-state index in [0.717, 1.165) is 46.3 Å². The Balaban J connectivity index is 1.69. The van der Waals surface area contributed by atoms with Crippen LogP contribution in [0.1, 0.15) is 62.6 Å². The third-order valence-corrected chi connectivity index (χ3v) is 7.69. The van der Waals surface area contributed by atoms with Crippen molar-refractivity contribution in [3.05, 3.63) is 57.0 Å². The van der Waals surface area contributed by atoms with Crippen molar-refractivity contribution >= 4 is 33.1 Å². The molecule has 0 saturated carbocycles. The molecule has 0 bridgehead atoms. The summed E-state index contributed by atoms with van der Waals surface area (Å²) in [7, 11) is 0. The van der Waals surface area contributed by atoms with Gasteiger partial charge in [0.25, 0.3) is 5.56 Å². The van der Waals surface area contributed by atoms with Crippen LogP contribution in [0.5, 0.6) is 0 Å². The fraction of sp³-hybridized carbons (Fsp3) is 0.480. The van der Waals surface area contributed by atoms with Gasteiger partial charge in [-0.05, 0) is 67.2 Å². The second-order valence-corrected chi connectivity index (χ2v) is 10.8. The molecule has 1 amide bonds. The van der Waals surface area contributed by atoms with Crippen molar-refractivity contribution in [2.24, 2.45) is 11.3 Å². The molecule has 2 atom stereocenters. The third-order valence-electron chi connectivity index (χ3n) is 6.53. The van der Waals surface area contributed by atoms with E-state index in [2.05, 4.69) is 31.1 Å². The molecular formula is C25H31N3O2S. The maximum atomic E-state index is 13.5. The zero-order valence-corrected chi connectivity index (χ0v) is 19.8. The number of hydrogen-bond donors (Lipinski definition) is 1. The number of nitrogens with zero attached hydrogens (tertiary/aromatic N) is 2. The highest BCUT2D eigenvalue weighted by molar-refractivity contribution is 7.18. The third kappa shape index (κ3) is 4.18. The lowest BCUT2D eigenvalue weighted by atomic mass is 9.72. The van der Waals surface area contributed by atoms with Gasteiger partial charge in [0, 0.05) is 10.6 Å². The Morgan fingerprint density at radius 1 is 1.35 bits per heavy atom. The van der Waals surface area contributed by atoms with Crippen molar-refractivity contribution < 1.29 is 4.79 Å². The second-order valence-electron chi connectivity index (χ2n) is 9.73. The summed E-state index contributed by atoms with van der Waals surface area (Å²) in [6.07, 6.45) is 5.07. The molecular weight excluding hydrogens is 406 g/mol. The number of anilines is 1. The number of fused-ring (bicyclic) bond motifs is 3. The molecule has 4 rings (SSSR count). The van der Waals surface area contributed by atoms with Crippen molar-refractivity contribution in [2.45, 2.75) is 66.3 Å². The summed E-state index contributed by atoms with van der Waals surface area (Å²) in [4.78, 5) is 33.2. The number of thiophene rings is 1. The summed E-state index contributed by atoms with van der Waals surface area (Å²) in [5.74, 6) is 0.423. The van der Waals surface area contributed by atoms with Crippen LogP contribution in [0, 0.1) is 18.3 Å². The SMILES string of the molecule is CCC(C(=O)Nc1cccc(C)c1)n1cnc2sc3c(c2c1=O)CCC(C(C)(C)C)C3. The highest BCUT2D eigenvalue weighted by Gasteiger charge is 2.32. The number of nitrogens with one attached hydrogen (secondary N) is 1. The fourth-order valence-corrected chi connectivity index (χ4v) is 5.85. The molecule has 0 radical (unpaired) electrons. The van der Waals surface area contributed by atoms with E-state index in [1.807, 2.05) is 38.1 Å². The Hall–Kier alpha value is -2.47. The minimum absolute atomic E-state index is 0.0945. The minimum Gasteiger partial charge on any atom is -0.324 e. The fourth-order valence-electron chi connectivity index (χ4n) is 4.60. The van der Waals surface area contributed by atoms with Crippen molar-refractivity contribution in [3.8, 4) is 0 Å². The zero-order chi connectivity index (χ0) is 22.3. The number of hydrogen-bond acceptors (Lipinski definition) is 4. The maximum absolute atomic E-state index is 13.5. The van der Waals surface area contributed by atoms with Crippen LogP contribution in [0.4, 0.5) is 5.69 Å². The lowest BCUT2D eigenvalue weighted by molar-refractivity contribution is -0.119. The van der Waals surface area contributed by atoms with E-state index < -0.39 is 6.04 Å². The average Bonchev–Trinajstić information content (AvgIpc) is 3.08. The number of rotatable bonds is 4. The van der Waals surface area contributed by atoms with Crippen LogP contribution in [0.15, 0.2) is 35.4 Å². The molecule has 0 fully saturated rings. The molecule has 2 aromatic heterocycles. The summed E-state index contributed by atoms with van der Waals surface area (Å²) in [6, 6.07) is 7.10. The highest BCUT2D eigenvalue weighted by Crippen LogP contribution is 2.42. The molecule has 0 spiro atoms. The first kappa shape index (κ1) is 21.8. The first-order valence-corrected chi connectivity index (χ1v) is 11.9. The predicted molar refractivity (Wildman–Crippen MR) is 128 cm³/mol. The van der Waals surface area contributed by atoms with Gasteiger partial charge < -0.3 is 5.32 Å². The molecule has 0 saturated heterocycles. The molecule has 0 aliphatic heterocycles. The topological polar surface area (TPSA) is 64.0 Å². The molecule has 1 N–H and O–H groups in total. The number of carbonyl (C=O) groups excluding carboxylic acids is 1. The smallest absolute Gasteiger partial charge is 0.263 e. The molecule has 3 aromatic rings. The Bertz CT molecular complexity index is 1190. The van der Waals surface area contributed by atoms with E-state index in [1.165, 1.54) is 9.44 Å². The van der Waals surface area contributed by atoms with Gasteiger partial charge in [0.15, 0.2) is 0 Å². The van der Waals surface area contributed by atoms with Gasteiger partial charge in [-0.1, -0.05) is 39.8 Å². The van der Waals surface area contributed by atoms with Gasteiger partial charge in [-0.2, -0.15) is 0 Å². The van der Waals surface area contributed by atoms with Crippen molar-refractivity contribution in [3.63, 3.8) is 0 Å². The Labute approximate surface area is 187 Å². The minimum atomic E-state index is -0.591. The van der Waals surface area contributed by atoms with Gasteiger partial charge in [0.2, 0.25) is 5.91 Å². The molecule has 164 valence electrons. The number of carbonyl (C=O) groups is 1. The van der Waals surface area contributed by atoms with E-state index in [9.17, 15) is 9.59 Å². The quantitative estimate of drug-likeness (QED) is 0.585. The van der Waals surface area contributed by atoms with Crippen molar-refractivity contribution in [2.75, 3.05) is 5.32 Å². The van der Waals surface area contributed by atoms with Gasteiger partial charge in [-0.15, -0.1) is 11.3 Å². The maximum Gasteiger partial charge on any atom is 0.263 e. The van der Waals surface area contributed by atoms with Crippen LogP contribution < -0.4 is 10.9 Å². The van der Waals surface area contributed by atoms with Crippen LogP contribution in [0.3, 0.4) is 0 Å². The van der Waals surface area contributed by atoms with E-state index in [0.29, 0.717) is 12.3 Å². The summed E-state index contributed by atoms with van der Waals surface area (Å²) in [6.45, 7) is 10.8. The highest BCUT2D eigenvalue weighted by atomic mass is 32.1. The molecule has 5 nitrogen and oxygen atoms in total.